The summed E-state index contributed by atoms with van der Waals surface area (Å²) in [5.74, 6) is 0.963. The lowest BCUT2D eigenvalue weighted by Gasteiger charge is -2.04. The molecule has 0 bridgehead atoms. The first-order valence-electron chi connectivity index (χ1n) is 2.74. The molecule has 0 aliphatic carbocycles. The van der Waals surface area contributed by atoms with Crippen molar-refractivity contribution in [2.75, 3.05) is 12.0 Å². The molecule has 4 nitrogen and oxygen atoms in total. The first-order chi connectivity index (χ1) is 4.47. The summed E-state index contributed by atoms with van der Waals surface area (Å²) in [5, 5.41) is 9.66. The van der Waals surface area contributed by atoms with E-state index in [4.69, 9.17) is 0 Å². The van der Waals surface area contributed by atoms with Crippen LogP contribution in [0, 0.1) is 0 Å². The van der Waals surface area contributed by atoms with E-state index < -0.39 is 0 Å². The fourth-order valence-corrected chi connectivity index (χ4v) is 0.804. The maximum atomic E-state index is 3.99. The summed E-state index contributed by atoms with van der Waals surface area (Å²) in [6.07, 6.45) is 3.54. The number of fused-ring (bicyclic) bond motifs is 1. The molecule has 2 rings (SSSR count). The van der Waals surface area contributed by atoms with Crippen LogP contribution in [0.1, 0.15) is 5.56 Å². The molecule has 0 atom stereocenters. The molecule has 1 aliphatic heterocycles. The number of aliphatic imine (C=N–C) groups is 1. The molecule has 2 heterocycles. The Balaban J connectivity index is 2.53. The quantitative estimate of drug-likeness (QED) is 0.517. The second-order valence-corrected chi connectivity index (χ2v) is 1.85. The Bertz CT molecular complexity index is 237. The van der Waals surface area contributed by atoms with Crippen LogP contribution in [-0.4, -0.2) is 23.1 Å². The van der Waals surface area contributed by atoms with E-state index in [0.717, 1.165) is 11.4 Å². The highest BCUT2D eigenvalue weighted by atomic mass is 15.2. The summed E-state index contributed by atoms with van der Waals surface area (Å²) >= 11 is 0. The molecule has 9 heavy (non-hydrogen) atoms. The Morgan fingerprint density at radius 2 is 2.56 bits per heavy atom. The van der Waals surface area contributed by atoms with Crippen molar-refractivity contribution in [3.63, 3.8) is 0 Å². The summed E-state index contributed by atoms with van der Waals surface area (Å²) in [4.78, 5) is 3.99. The molecule has 1 aromatic rings. The van der Waals surface area contributed by atoms with Gasteiger partial charge in [-0.25, -0.2) is 0 Å². The van der Waals surface area contributed by atoms with E-state index in [-0.39, 0.29) is 0 Å². The van der Waals surface area contributed by atoms with Gasteiger partial charge in [-0.2, -0.15) is 5.10 Å². The van der Waals surface area contributed by atoms with Crippen LogP contribution in [-0.2, 0) is 0 Å². The van der Waals surface area contributed by atoms with Crippen LogP contribution in [0.25, 0.3) is 0 Å². The first kappa shape index (κ1) is 4.55. The Morgan fingerprint density at radius 1 is 1.56 bits per heavy atom. The molecule has 0 amide bonds. The van der Waals surface area contributed by atoms with Gasteiger partial charge in [0, 0.05) is 6.21 Å². The van der Waals surface area contributed by atoms with Crippen LogP contribution in [0.4, 0.5) is 5.82 Å². The van der Waals surface area contributed by atoms with Gasteiger partial charge in [-0.3, -0.25) is 10.1 Å². The lowest BCUT2D eigenvalue weighted by Crippen LogP contribution is -2.06. The van der Waals surface area contributed by atoms with E-state index in [1.165, 1.54) is 0 Å². The van der Waals surface area contributed by atoms with Gasteiger partial charge in [0.2, 0.25) is 0 Å². The van der Waals surface area contributed by atoms with E-state index in [2.05, 4.69) is 20.5 Å². The number of hydrogen-bond donors (Lipinski definition) is 2. The monoisotopic (exact) mass is 122 g/mol. The Kier molecular flexibility index (Phi) is 0.798. The third-order valence-corrected chi connectivity index (χ3v) is 1.25. The minimum atomic E-state index is 0.648. The van der Waals surface area contributed by atoms with Crippen LogP contribution in [0.5, 0.6) is 0 Å². The number of hydrogen-bond acceptors (Lipinski definition) is 3. The number of aromatic amines is 1. The lowest BCUT2D eigenvalue weighted by atomic mass is 10.3. The topological polar surface area (TPSA) is 53.1 Å². The molecule has 0 aromatic carbocycles. The normalized spacial score (nSPS) is 14.7. The zero-order chi connectivity index (χ0) is 6.10. The predicted molar refractivity (Wildman–Crippen MR) is 34.7 cm³/mol. The second-order valence-electron chi connectivity index (χ2n) is 1.85. The number of aromatic nitrogens is 2. The Labute approximate surface area is 52.0 Å². The van der Waals surface area contributed by atoms with E-state index in [1.54, 1.807) is 12.4 Å². The Morgan fingerprint density at radius 3 is 3.44 bits per heavy atom. The summed E-state index contributed by atoms with van der Waals surface area (Å²) < 4.78 is 0. The molecular formula is C5H6N4. The molecule has 0 unspecified atom stereocenters. The van der Waals surface area contributed by atoms with Crippen molar-refractivity contribution in [1.29, 1.82) is 0 Å². The summed E-state index contributed by atoms with van der Waals surface area (Å²) in [7, 11) is 0. The minimum absolute atomic E-state index is 0.648. The average Bonchev–Trinajstić information content (AvgIpc) is 2.33. The van der Waals surface area contributed by atoms with Gasteiger partial charge in [0.15, 0.2) is 0 Å². The average molecular weight is 122 g/mol. The molecule has 0 fully saturated rings. The van der Waals surface area contributed by atoms with Gasteiger partial charge < -0.3 is 5.32 Å². The van der Waals surface area contributed by atoms with Gasteiger partial charge in [-0.1, -0.05) is 0 Å². The maximum Gasteiger partial charge on any atom is 0.131 e. The SMILES string of the molecule is C1=NCNc2[nH]ncc21. The largest absolute Gasteiger partial charge is 0.351 e. The fourth-order valence-electron chi connectivity index (χ4n) is 0.804. The van der Waals surface area contributed by atoms with Crippen molar-refractivity contribution < 1.29 is 0 Å². The van der Waals surface area contributed by atoms with Crippen LogP contribution in [0.3, 0.4) is 0 Å². The smallest absolute Gasteiger partial charge is 0.131 e. The van der Waals surface area contributed by atoms with Gasteiger partial charge in [-0.05, 0) is 0 Å². The third kappa shape index (κ3) is 0.595. The van der Waals surface area contributed by atoms with Crippen molar-refractivity contribution >= 4 is 12.0 Å². The number of nitrogens with zero attached hydrogens (tertiary/aromatic N) is 2. The highest BCUT2D eigenvalue weighted by molar-refractivity contribution is 5.87. The summed E-state index contributed by atoms with van der Waals surface area (Å²) in [6, 6.07) is 0. The first-order valence-corrected chi connectivity index (χ1v) is 2.74. The second kappa shape index (κ2) is 1.58. The molecule has 2 N–H and O–H groups in total. The highest BCUT2D eigenvalue weighted by Crippen LogP contribution is 2.09. The molecule has 0 spiro atoms. The molecule has 1 aromatic heterocycles. The van der Waals surface area contributed by atoms with Crippen molar-refractivity contribution in [2.45, 2.75) is 0 Å². The minimum Gasteiger partial charge on any atom is -0.351 e. The van der Waals surface area contributed by atoms with Crippen LogP contribution >= 0.6 is 0 Å². The standard InChI is InChI=1S/C5H6N4/c1-4-2-8-9-5(4)7-3-6-1/h1-2H,3H2,(H2,7,8,9). The number of H-pyrrole nitrogens is 1. The molecule has 4 heteroatoms. The molecule has 0 saturated heterocycles. The maximum absolute atomic E-state index is 3.99. The highest BCUT2D eigenvalue weighted by Gasteiger charge is 2.03. The van der Waals surface area contributed by atoms with Gasteiger partial charge >= 0.3 is 0 Å². The number of anilines is 1. The molecular weight excluding hydrogens is 116 g/mol. The summed E-state index contributed by atoms with van der Waals surface area (Å²) in [5.41, 5.74) is 1.03. The van der Waals surface area contributed by atoms with Crippen LogP contribution in [0.2, 0.25) is 0 Å². The molecule has 1 aliphatic rings. The van der Waals surface area contributed by atoms with Crippen molar-refractivity contribution in [1.82, 2.24) is 10.2 Å². The zero-order valence-corrected chi connectivity index (χ0v) is 4.76. The molecule has 46 valence electrons. The van der Waals surface area contributed by atoms with Crippen LogP contribution in [0.15, 0.2) is 11.2 Å². The van der Waals surface area contributed by atoms with Gasteiger partial charge in [0.1, 0.15) is 12.5 Å². The zero-order valence-electron chi connectivity index (χ0n) is 4.76. The van der Waals surface area contributed by atoms with E-state index in [1.807, 2.05) is 0 Å². The van der Waals surface area contributed by atoms with Gasteiger partial charge in [-0.15, -0.1) is 0 Å². The fraction of sp³-hybridized carbons (Fsp3) is 0.200. The van der Waals surface area contributed by atoms with Crippen molar-refractivity contribution in [3.05, 3.63) is 11.8 Å². The molecule has 0 saturated carbocycles. The molecule has 0 radical (unpaired) electrons. The summed E-state index contributed by atoms with van der Waals surface area (Å²) in [6.45, 7) is 0.648. The van der Waals surface area contributed by atoms with Crippen molar-refractivity contribution in [2.24, 2.45) is 4.99 Å². The number of nitrogens with one attached hydrogen (secondary N) is 2. The lowest BCUT2D eigenvalue weighted by molar-refractivity contribution is 1.05. The van der Waals surface area contributed by atoms with Gasteiger partial charge in [0.05, 0.1) is 11.8 Å². The van der Waals surface area contributed by atoms with E-state index >= 15 is 0 Å². The number of rotatable bonds is 0. The van der Waals surface area contributed by atoms with Crippen molar-refractivity contribution in [3.8, 4) is 0 Å². The third-order valence-electron chi connectivity index (χ3n) is 1.25. The predicted octanol–water partition coefficient (Wildman–Crippen LogP) is 0.212. The Hall–Kier alpha value is -1.32. The van der Waals surface area contributed by atoms with E-state index in [0.29, 0.717) is 6.67 Å². The van der Waals surface area contributed by atoms with E-state index in [9.17, 15) is 0 Å². The van der Waals surface area contributed by atoms with Gasteiger partial charge in [0.25, 0.3) is 0 Å². The van der Waals surface area contributed by atoms with Crippen LogP contribution < -0.4 is 5.32 Å².